The zero-order valence-electron chi connectivity index (χ0n) is 58.3. The van der Waals surface area contributed by atoms with E-state index in [1.165, 1.54) is 19.0 Å². The zero-order chi connectivity index (χ0) is 77.3. The molecule has 586 valence electrons. The van der Waals surface area contributed by atoms with Gasteiger partial charge in [0, 0.05) is 61.2 Å². The van der Waals surface area contributed by atoms with Crippen molar-refractivity contribution in [3.05, 3.63) is 71.8 Å². The number of carbonyl (C=O) groups excluding carboxylic acids is 4. The lowest BCUT2D eigenvalue weighted by molar-refractivity contribution is -0.375. The number of nitrogens with one attached hydrogen (secondary N) is 4. The van der Waals surface area contributed by atoms with Crippen LogP contribution in [0.5, 0.6) is 0 Å². The van der Waals surface area contributed by atoms with E-state index >= 15 is 0 Å². The number of amides is 4. The van der Waals surface area contributed by atoms with Gasteiger partial charge in [0.15, 0.2) is 43.8 Å². The Morgan fingerprint density at radius 2 is 1.08 bits per heavy atom. The van der Waals surface area contributed by atoms with E-state index in [2.05, 4.69) is 44.5 Å². The fourth-order valence-corrected chi connectivity index (χ4v) is 14.2. The number of nitrogens with zero attached hydrogens (tertiary/aromatic N) is 1. The lowest BCUT2D eigenvalue weighted by atomic mass is 9.08. The topological polar surface area (TPSA) is 612 Å². The Labute approximate surface area is 614 Å². The summed E-state index contributed by atoms with van der Waals surface area (Å²) in [6.45, 7) is 0.0320. The largest absolute Gasteiger partial charge is 0.445 e. The highest BCUT2D eigenvalue weighted by Crippen LogP contribution is 2.43. The Kier molecular flexibility index (Phi) is 30.6. The number of likely N-dealkylation sites (N-methyl/N-ethyl adjacent to an activating group) is 2. The van der Waals surface area contributed by atoms with Gasteiger partial charge < -0.3 is 173 Å². The molecule has 7 heterocycles. The molecule has 2 aromatic rings. The van der Waals surface area contributed by atoms with Gasteiger partial charge in [-0.15, -0.1) is 0 Å². The number of benzene rings is 2. The molecule has 39 nitrogen and oxygen atoms in total. The maximum Gasteiger partial charge on any atom is 0.410 e. The lowest BCUT2D eigenvalue weighted by Gasteiger charge is -2.51. The lowest BCUT2D eigenvalue weighted by Crippen LogP contribution is -2.70. The average molecular weight is 1500 g/mol. The van der Waals surface area contributed by atoms with Crippen LogP contribution in [0.4, 0.5) is 14.4 Å². The van der Waals surface area contributed by atoms with Gasteiger partial charge in [-0.1, -0.05) is 67.6 Å². The molecule has 9 aliphatic rings. The van der Waals surface area contributed by atoms with Crippen LogP contribution in [-0.2, 0) is 79.6 Å². The third-order valence-corrected chi connectivity index (χ3v) is 20.0. The molecule has 0 spiro atoms. The minimum absolute atomic E-state index is 0.0435. The molecular weight excluding hydrogens is 1400 g/mol. The number of aliphatic hydroxyl groups excluding tert-OH is 12. The van der Waals surface area contributed by atoms with Crippen molar-refractivity contribution in [3.8, 4) is 0 Å². The minimum Gasteiger partial charge on any atom is -0.445 e. The maximum atomic E-state index is 13.2. The Hall–Kier alpha value is -5.14. The Morgan fingerprint density at radius 3 is 1.67 bits per heavy atom. The summed E-state index contributed by atoms with van der Waals surface area (Å²) in [7, 11) is 17.0. The summed E-state index contributed by atoms with van der Waals surface area (Å²) in [6.07, 6.45) is -35.0. The van der Waals surface area contributed by atoms with Gasteiger partial charge in [0.25, 0.3) is 5.91 Å². The van der Waals surface area contributed by atoms with Gasteiger partial charge >= 0.3 is 18.3 Å². The van der Waals surface area contributed by atoms with E-state index in [9.17, 15) is 80.5 Å². The molecule has 26 N–H and O–H groups in total. The number of rotatable bonds is 20. The first-order chi connectivity index (χ1) is 50.4. The highest BCUT2D eigenvalue weighted by Gasteiger charge is 2.62. The molecular formula is C63H98B4N10O29. The first-order valence-corrected chi connectivity index (χ1v) is 34.8. The summed E-state index contributed by atoms with van der Waals surface area (Å²) in [6, 6.07) is 9.23. The zero-order valence-corrected chi connectivity index (χ0v) is 58.3. The molecule has 0 aromatic heterocycles. The first kappa shape index (κ1) is 84.9. The van der Waals surface area contributed by atoms with E-state index in [0.717, 1.165) is 11.1 Å². The standard InChI is InChI=1S/C39H52N4O16.C24H46N6O13.B4/c1-18-13-23-32(33-26(43(2)39(51)58-33)35(54-23)59-36-30(48)28(46)25(40)24(15-44)55-36)57-34(18)56-31-22(42-38(50)53-17-20-11-7-4-8-12-20)14-21(27(45)29(31)47)41-37(49)52-16-19-9-5-3-6-10-19;1-29-13-16(35)20-10(3-8(28)22(42-20)41-19-7(27)2-6(26)14(33)17(19)36)39-23(13)43-24-18(37)15(34)12(11(5-31)40-24)30-21(38)9(32)4-25;1-4(2)3/h3-12,18,21-36,44-48H,13-17,40H2,1-2H3,(H,41,49)(H,42,50);6-20,22-24,29,31-37H,2-5,25-28H2,1H3,(H,30,38);/t18?,21-,22?,23+,24?,25-,26?,27?,28+,29-,30?,31-,32?,33?,34+,35?,36-;6-,7?,8?,9+,10+,11?,12-,13?,14?,15+,16?,17-,18?,19-,20?,22+,23?,24-;/m11./s1. The molecule has 9 fully saturated rings. The summed E-state index contributed by atoms with van der Waals surface area (Å²) < 4.78 is 76.8. The number of carbonyl (C=O) groups is 4. The van der Waals surface area contributed by atoms with Crippen molar-refractivity contribution in [2.45, 2.75) is 254 Å². The second kappa shape index (κ2) is 38.2. The van der Waals surface area contributed by atoms with Crippen molar-refractivity contribution in [1.29, 1.82) is 0 Å². The monoisotopic (exact) mass is 1500 g/mol. The van der Waals surface area contributed by atoms with Gasteiger partial charge in [0.2, 0.25) is 0 Å². The Balaban J connectivity index is 0.000000244. The molecule has 6 radical (unpaired) electrons. The number of hydrogen-bond acceptors (Lipinski definition) is 35. The van der Waals surface area contributed by atoms with Crippen LogP contribution in [-0.4, -0.2) is 362 Å². The summed E-state index contributed by atoms with van der Waals surface area (Å²) in [5, 5.41) is 137. The molecule has 4 amide bonds. The van der Waals surface area contributed by atoms with Crippen LogP contribution in [0.3, 0.4) is 0 Å². The molecule has 18 unspecified atom stereocenters. The van der Waals surface area contributed by atoms with Gasteiger partial charge in [-0.05, 0) is 43.9 Å². The number of alkyl carbamates (subject to hydrolysis) is 2. The molecule has 7 saturated heterocycles. The van der Waals surface area contributed by atoms with Crippen molar-refractivity contribution >= 4 is 53.8 Å². The van der Waals surface area contributed by atoms with E-state index in [-0.39, 0.29) is 38.9 Å². The van der Waals surface area contributed by atoms with Gasteiger partial charge in [0.05, 0.1) is 67.8 Å². The molecule has 7 aliphatic heterocycles. The highest BCUT2D eigenvalue weighted by atomic mass is 16.8. The minimum atomic E-state index is -1.75. The number of hydrogen-bond donors (Lipinski definition) is 21. The Bertz CT molecular complexity index is 3100. The molecule has 106 heavy (non-hydrogen) atoms. The van der Waals surface area contributed by atoms with Crippen LogP contribution in [0.1, 0.15) is 43.7 Å². The molecule has 2 aromatic carbocycles. The van der Waals surface area contributed by atoms with E-state index in [1.807, 2.05) is 12.1 Å². The smallest absolute Gasteiger partial charge is 0.410 e. The SMILES string of the molecule is CC1C[C@@H]2OC(O[C@H]3OC(CO)[C@@H](N)[C@H](O)C3O)C3C(OC(=O)N3C)C2O[C@@H]1O[C@@H]1C(NC(=O)OCc2ccccc2)C[C@@H](NC(=O)OCc2ccccc2)C(O)[C@H]1O.CNC1C(O[C@H]2OC(CO)[C@@H](NC(=O)[C@@H](O)CN)[C@H](O)C2O)O[C@H]2CC(N)[C@@H](O[C@@H]3C(N)C[C@@H](N)C(O)[C@H]3O)OC2C1O.[B]B([B])[B]. The maximum absolute atomic E-state index is 13.2. The van der Waals surface area contributed by atoms with Crippen LogP contribution in [0.25, 0.3) is 0 Å². The quantitative estimate of drug-likeness (QED) is 0.0432. The first-order valence-electron chi connectivity index (χ1n) is 34.8. The van der Waals surface area contributed by atoms with Crippen LogP contribution in [0.15, 0.2) is 60.7 Å². The summed E-state index contributed by atoms with van der Waals surface area (Å²) >= 11 is 0. The van der Waals surface area contributed by atoms with Crippen LogP contribution in [0, 0.1) is 5.92 Å². The van der Waals surface area contributed by atoms with Crippen LogP contribution in [0.2, 0.25) is 0 Å². The average Bonchev–Trinajstić information content (AvgIpc) is 0.957. The molecule has 2 saturated carbocycles. The van der Waals surface area contributed by atoms with E-state index in [0.29, 0.717) is 0 Å². The summed E-state index contributed by atoms with van der Waals surface area (Å²) in [4.78, 5) is 52.3. The third kappa shape index (κ3) is 20.1. The number of aliphatic hydroxyl groups is 12. The van der Waals surface area contributed by atoms with Crippen LogP contribution < -0.4 is 49.9 Å². The second-order valence-electron chi connectivity index (χ2n) is 27.6. The van der Waals surface area contributed by atoms with Crippen molar-refractivity contribution in [1.82, 2.24) is 26.2 Å². The molecule has 0 bridgehead atoms. The van der Waals surface area contributed by atoms with Gasteiger partial charge in [-0.3, -0.25) is 9.69 Å². The van der Waals surface area contributed by atoms with E-state index in [4.69, 9.17) is 90.2 Å². The predicted molar refractivity (Wildman–Crippen MR) is 363 cm³/mol. The van der Waals surface area contributed by atoms with Crippen molar-refractivity contribution in [2.24, 2.45) is 34.6 Å². The highest BCUT2D eigenvalue weighted by molar-refractivity contribution is 7.49. The second-order valence-corrected chi connectivity index (χ2v) is 27.6. The van der Waals surface area contributed by atoms with Crippen molar-refractivity contribution in [3.63, 3.8) is 0 Å². The van der Waals surface area contributed by atoms with Gasteiger partial charge in [-0.2, -0.15) is 0 Å². The fourth-order valence-electron chi connectivity index (χ4n) is 14.2. The summed E-state index contributed by atoms with van der Waals surface area (Å²) in [5.74, 6) is -1.41. The normalized spacial score (nSPS) is 42.2. The number of ether oxygens (including phenoxy) is 13. The molecule has 11 rings (SSSR count). The van der Waals surface area contributed by atoms with Gasteiger partial charge in [0.1, 0.15) is 111 Å². The molecule has 2 aliphatic carbocycles. The molecule has 43 heteroatoms. The number of nitrogens with two attached hydrogens (primary N) is 5. The van der Waals surface area contributed by atoms with E-state index < -0.39 is 264 Å². The summed E-state index contributed by atoms with van der Waals surface area (Å²) in [5.41, 5.74) is 30.9. The van der Waals surface area contributed by atoms with Gasteiger partial charge in [-0.25, -0.2) is 14.4 Å². The van der Waals surface area contributed by atoms with Crippen molar-refractivity contribution < 1.29 is 142 Å². The van der Waals surface area contributed by atoms with E-state index in [1.54, 1.807) is 55.5 Å². The third-order valence-electron chi connectivity index (χ3n) is 20.0. The van der Waals surface area contributed by atoms with Crippen LogP contribution >= 0.6 is 0 Å². The number of fused-ring (bicyclic) bond motifs is 4. The Morgan fingerprint density at radius 1 is 0.557 bits per heavy atom. The van der Waals surface area contributed by atoms with Crippen molar-refractivity contribution in [2.75, 3.05) is 33.9 Å². The molecule has 35 atom stereocenters. The predicted octanol–water partition coefficient (Wildman–Crippen LogP) is -10.8. The fraction of sp³-hybridized carbons (Fsp3) is 0.746.